The Kier molecular flexibility index (Phi) is 3.21. The van der Waals surface area contributed by atoms with Crippen LogP contribution in [0.1, 0.15) is 58.8 Å². The summed E-state index contributed by atoms with van der Waals surface area (Å²) in [6.45, 7) is 4.61. The molecule has 22 heavy (non-hydrogen) atoms. The summed E-state index contributed by atoms with van der Waals surface area (Å²) >= 11 is 0. The Bertz CT molecular complexity index is 560. The van der Waals surface area contributed by atoms with Crippen LogP contribution in [-0.2, 0) is 4.79 Å². The van der Waals surface area contributed by atoms with Crippen LogP contribution in [0, 0.1) is 28.6 Å². The summed E-state index contributed by atoms with van der Waals surface area (Å²) in [5.74, 6) is 2.25. The molecule has 0 bridgehead atoms. The highest BCUT2D eigenvalue weighted by Crippen LogP contribution is 2.65. The van der Waals surface area contributed by atoms with Crippen LogP contribution in [0.25, 0.3) is 0 Å². The molecule has 0 aromatic rings. The van der Waals surface area contributed by atoms with Gasteiger partial charge >= 0.3 is 0 Å². The zero-order chi connectivity index (χ0) is 15.5. The molecule has 6 atom stereocenters. The largest absolute Gasteiger partial charge is 0.393 e. The van der Waals surface area contributed by atoms with Crippen molar-refractivity contribution in [2.75, 3.05) is 0 Å². The Morgan fingerprint density at radius 1 is 1.23 bits per heavy atom. The van der Waals surface area contributed by atoms with E-state index >= 15 is 0 Å². The molecule has 0 saturated heterocycles. The van der Waals surface area contributed by atoms with Crippen LogP contribution in [0.5, 0.6) is 0 Å². The van der Waals surface area contributed by atoms with Gasteiger partial charge in [0.2, 0.25) is 0 Å². The van der Waals surface area contributed by atoms with E-state index in [1.54, 1.807) is 0 Å². The van der Waals surface area contributed by atoms with Crippen molar-refractivity contribution >= 4 is 5.78 Å². The van der Waals surface area contributed by atoms with Crippen LogP contribution < -0.4 is 0 Å². The fourth-order valence-corrected chi connectivity index (χ4v) is 6.59. The zero-order valence-corrected chi connectivity index (χ0v) is 13.8. The Hall–Kier alpha value is -0.890. The van der Waals surface area contributed by atoms with Crippen molar-refractivity contribution in [3.8, 4) is 0 Å². The minimum Gasteiger partial charge on any atom is -0.393 e. The van der Waals surface area contributed by atoms with Crippen LogP contribution in [0.15, 0.2) is 23.8 Å². The van der Waals surface area contributed by atoms with E-state index in [1.807, 2.05) is 12.2 Å². The first-order chi connectivity index (χ1) is 10.5. The van der Waals surface area contributed by atoms with Crippen molar-refractivity contribution < 1.29 is 9.90 Å². The number of allylic oxidation sites excluding steroid dienone is 4. The molecule has 4 aliphatic rings. The van der Waals surface area contributed by atoms with E-state index < -0.39 is 0 Å². The van der Waals surface area contributed by atoms with E-state index in [-0.39, 0.29) is 22.7 Å². The molecule has 120 valence electrons. The lowest BCUT2D eigenvalue weighted by atomic mass is 9.47. The molecule has 0 amide bonds. The lowest BCUT2D eigenvalue weighted by molar-refractivity contribution is -0.111. The molecule has 0 unspecified atom stereocenters. The normalized spacial score (nSPS) is 50.1. The molecule has 0 aromatic carbocycles. The fraction of sp³-hybridized carbons (Fsp3) is 0.750. The molecule has 0 aromatic heterocycles. The predicted octanol–water partition coefficient (Wildman–Crippen LogP) is 4.05. The highest BCUT2D eigenvalue weighted by Gasteiger charge is 2.58. The van der Waals surface area contributed by atoms with Crippen molar-refractivity contribution in [1.82, 2.24) is 0 Å². The minimum atomic E-state index is -0.101. The number of aliphatic hydroxyl groups excluding tert-OH is 1. The first-order valence-corrected chi connectivity index (χ1v) is 9.13. The van der Waals surface area contributed by atoms with Crippen LogP contribution in [0.4, 0.5) is 0 Å². The van der Waals surface area contributed by atoms with Crippen LogP contribution in [0.3, 0.4) is 0 Å². The van der Waals surface area contributed by atoms with Gasteiger partial charge in [-0.1, -0.05) is 25.5 Å². The third kappa shape index (κ3) is 1.73. The first-order valence-electron chi connectivity index (χ1n) is 9.13. The molecule has 3 fully saturated rings. The van der Waals surface area contributed by atoms with Crippen molar-refractivity contribution in [2.24, 2.45) is 28.6 Å². The first kappa shape index (κ1) is 14.7. The van der Waals surface area contributed by atoms with Gasteiger partial charge in [0, 0.05) is 5.41 Å². The van der Waals surface area contributed by atoms with E-state index in [0.29, 0.717) is 11.8 Å². The number of carbonyl (C=O) groups excluding carboxylic acids is 1. The number of hydrogen-bond donors (Lipinski definition) is 1. The lowest BCUT2D eigenvalue weighted by Crippen LogP contribution is -2.51. The SMILES string of the molecule is CC[C@]12C=CC(=O)C=C1CC[C@H]1[C@@H]3CC[C@H](O)[C@@]3(C)CC[C@@H]12. The minimum absolute atomic E-state index is 0.101. The Morgan fingerprint density at radius 3 is 2.82 bits per heavy atom. The standard InChI is InChI=1S/C20H28O2/c1-3-20-11-8-14(21)12-13(20)4-5-15-16-6-7-18(22)19(16,2)10-9-17(15)20/h8,11-12,15-18,22H,3-7,9-10H2,1-2H3/t15-,16-,17-,18-,19-,20-/m0/s1. The number of fused-ring (bicyclic) bond motifs is 5. The molecular weight excluding hydrogens is 272 g/mol. The van der Waals surface area contributed by atoms with Crippen molar-refractivity contribution in [3.05, 3.63) is 23.8 Å². The summed E-state index contributed by atoms with van der Waals surface area (Å²) < 4.78 is 0. The summed E-state index contributed by atoms with van der Waals surface area (Å²) in [6, 6.07) is 0. The third-order valence-electron chi connectivity index (χ3n) is 7.84. The molecule has 0 radical (unpaired) electrons. The summed E-state index contributed by atoms with van der Waals surface area (Å²) in [4.78, 5) is 11.8. The highest BCUT2D eigenvalue weighted by atomic mass is 16.3. The molecule has 1 N–H and O–H groups in total. The molecule has 2 heteroatoms. The number of carbonyl (C=O) groups is 1. The zero-order valence-electron chi connectivity index (χ0n) is 13.8. The number of rotatable bonds is 1. The average Bonchev–Trinajstić information content (AvgIpc) is 2.82. The van der Waals surface area contributed by atoms with E-state index in [1.165, 1.54) is 24.8 Å². The maximum atomic E-state index is 11.8. The summed E-state index contributed by atoms with van der Waals surface area (Å²) in [5, 5.41) is 10.5. The lowest BCUT2D eigenvalue weighted by Gasteiger charge is -2.57. The number of aliphatic hydroxyl groups is 1. The van der Waals surface area contributed by atoms with Gasteiger partial charge in [0.1, 0.15) is 0 Å². The monoisotopic (exact) mass is 300 g/mol. The highest BCUT2D eigenvalue weighted by molar-refractivity contribution is 6.01. The predicted molar refractivity (Wildman–Crippen MR) is 87.2 cm³/mol. The van der Waals surface area contributed by atoms with Gasteiger partial charge < -0.3 is 5.11 Å². The molecule has 3 saturated carbocycles. The van der Waals surface area contributed by atoms with Gasteiger partial charge in [0.05, 0.1) is 6.10 Å². The van der Waals surface area contributed by atoms with E-state index in [4.69, 9.17) is 0 Å². The van der Waals surface area contributed by atoms with E-state index in [2.05, 4.69) is 19.9 Å². The number of hydrogen-bond acceptors (Lipinski definition) is 2. The van der Waals surface area contributed by atoms with Crippen LogP contribution in [0.2, 0.25) is 0 Å². The Morgan fingerprint density at radius 2 is 2.05 bits per heavy atom. The Labute approximate surface area is 133 Å². The average molecular weight is 300 g/mol. The van der Waals surface area contributed by atoms with Crippen molar-refractivity contribution in [3.63, 3.8) is 0 Å². The van der Waals surface area contributed by atoms with E-state index in [9.17, 15) is 9.90 Å². The maximum absolute atomic E-state index is 11.8. The van der Waals surface area contributed by atoms with Gasteiger partial charge in [-0.15, -0.1) is 0 Å². The van der Waals surface area contributed by atoms with Gasteiger partial charge in [0.25, 0.3) is 0 Å². The van der Waals surface area contributed by atoms with Crippen LogP contribution in [-0.4, -0.2) is 17.0 Å². The van der Waals surface area contributed by atoms with Crippen LogP contribution >= 0.6 is 0 Å². The maximum Gasteiger partial charge on any atom is 0.178 e. The summed E-state index contributed by atoms with van der Waals surface area (Å²) in [5.41, 5.74) is 1.67. The quantitative estimate of drug-likeness (QED) is 0.793. The van der Waals surface area contributed by atoms with Gasteiger partial charge in [0.15, 0.2) is 5.78 Å². The molecule has 0 aliphatic heterocycles. The van der Waals surface area contributed by atoms with E-state index in [0.717, 1.165) is 31.6 Å². The van der Waals surface area contributed by atoms with Gasteiger partial charge in [-0.25, -0.2) is 0 Å². The Balaban J connectivity index is 1.73. The second-order valence-electron chi connectivity index (χ2n) is 8.35. The fourth-order valence-electron chi connectivity index (χ4n) is 6.59. The second kappa shape index (κ2) is 4.80. The smallest absolute Gasteiger partial charge is 0.178 e. The third-order valence-corrected chi connectivity index (χ3v) is 7.84. The molecule has 2 nitrogen and oxygen atoms in total. The van der Waals surface area contributed by atoms with Crippen molar-refractivity contribution in [2.45, 2.75) is 64.9 Å². The summed E-state index contributed by atoms with van der Waals surface area (Å²) in [6.07, 6.45) is 13.8. The van der Waals surface area contributed by atoms with Gasteiger partial charge in [-0.2, -0.15) is 0 Å². The molecule has 0 heterocycles. The number of ketones is 1. The molecule has 4 aliphatic carbocycles. The molecule has 4 rings (SSSR count). The summed E-state index contributed by atoms with van der Waals surface area (Å²) in [7, 11) is 0. The second-order valence-corrected chi connectivity index (χ2v) is 8.35. The van der Waals surface area contributed by atoms with Crippen molar-refractivity contribution in [1.29, 1.82) is 0 Å². The molecule has 0 spiro atoms. The molecular formula is C20H28O2. The van der Waals surface area contributed by atoms with Gasteiger partial charge in [-0.05, 0) is 80.3 Å². The van der Waals surface area contributed by atoms with Gasteiger partial charge in [-0.3, -0.25) is 4.79 Å². The topological polar surface area (TPSA) is 37.3 Å².